The van der Waals surface area contributed by atoms with E-state index in [0.29, 0.717) is 35.6 Å². The molecule has 0 aliphatic rings. The molecule has 0 aliphatic carbocycles. The minimum absolute atomic E-state index is 0.184. The Morgan fingerprint density at radius 3 is 2.50 bits per heavy atom. The molecule has 0 fully saturated rings. The Labute approximate surface area is 188 Å². The average molecular weight is 429 g/mol. The summed E-state index contributed by atoms with van der Waals surface area (Å²) >= 11 is 0. The van der Waals surface area contributed by atoms with Crippen LogP contribution in [0, 0.1) is 5.92 Å². The van der Waals surface area contributed by atoms with Crippen molar-refractivity contribution in [3.8, 4) is 17.2 Å². The summed E-state index contributed by atoms with van der Waals surface area (Å²) in [7, 11) is 0. The highest BCUT2D eigenvalue weighted by molar-refractivity contribution is 6.04. The fourth-order valence-electron chi connectivity index (χ4n) is 3.33. The number of hydrogen-bond acceptors (Lipinski definition) is 4. The first-order valence-corrected chi connectivity index (χ1v) is 10.9. The summed E-state index contributed by atoms with van der Waals surface area (Å²) in [6.45, 7) is 9.15. The van der Waals surface area contributed by atoms with Crippen molar-refractivity contribution in [1.29, 1.82) is 0 Å². The lowest BCUT2D eigenvalue weighted by molar-refractivity contribution is 0.102. The Balaban J connectivity index is 1.49. The van der Waals surface area contributed by atoms with E-state index >= 15 is 0 Å². The molecule has 32 heavy (non-hydrogen) atoms. The number of fused-ring (bicyclic) bond motifs is 1. The van der Waals surface area contributed by atoms with Crippen molar-refractivity contribution in [2.24, 2.45) is 5.92 Å². The number of anilines is 1. The third-order valence-corrected chi connectivity index (χ3v) is 5.15. The van der Waals surface area contributed by atoms with Crippen LogP contribution in [0.4, 0.5) is 5.69 Å². The highest BCUT2D eigenvalue weighted by Gasteiger charge is 2.12. The Bertz CT molecular complexity index is 1220. The summed E-state index contributed by atoms with van der Waals surface area (Å²) in [5, 5.41) is 2.95. The molecule has 4 aromatic rings. The molecule has 0 unspecified atom stereocenters. The van der Waals surface area contributed by atoms with Gasteiger partial charge in [0.25, 0.3) is 5.91 Å². The van der Waals surface area contributed by atoms with Gasteiger partial charge in [0.15, 0.2) is 5.58 Å². The van der Waals surface area contributed by atoms with Crippen molar-refractivity contribution in [2.45, 2.75) is 33.6 Å². The van der Waals surface area contributed by atoms with Crippen LogP contribution in [0.5, 0.6) is 5.75 Å². The van der Waals surface area contributed by atoms with Gasteiger partial charge in [-0.05, 0) is 72.0 Å². The summed E-state index contributed by atoms with van der Waals surface area (Å²) in [5.74, 6) is 1.98. The summed E-state index contributed by atoms with van der Waals surface area (Å²) in [4.78, 5) is 17.3. The summed E-state index contributed by atoms with van der Waals surface area (Å²) in [5.41, 5.74) is 4.86. The normalized spacial score (nSPS) is 11.3. The topological polar surface area (TPSA) is 64.4 Å². The Hall–Kier alpha value is -3.60. The number of nitrogens with zero attached hydrogens (tertiary/aromatic N) is 1. The molecular formula is C27H28N2O3. The zero-order valence-corrected chi connectivity index (χ0v) is 18.9. The third kappa shape index (κ3) is 4.99. The molecule has 164 valence electrons. The first kappa shape index (κ1) is 21.6. The number of amides is 1. The van der Waals surface area contributed by atoms with E-state index in [1.54, 1.807) is 12.1 Å². The molecule has 0 radical (unpaired) electrons. The zero-order valence-electron chi connectivity index (χ0n) is 18.9. The monoisotopic (exact) mass is 428 g/mol. The predicted octanol–water partition coefficient (Wildman–Crippen LogP) is 6.91. The van der Waals surface area contributed by atoms with Gasteiger partial charge in [0, 0.05) is 16.8 Å². The minimum atomic E-state index is -0.184. The van der Waals surface area contributed by atoms with E-state index in [9.17, 15) is 4.79 Å². The molecule has 4 rings (SSSR count). The molecule has 3 aromatic carbocycles. The summed E-state index contributed by atoms with van der Waals surface area (Å²) in [6, 6.07) is 20.8. The smallest absolute Gasteiger partial charge is 0.255 e. The first-order valence-electron chi connectivity index (χ1n) is 10.9. The fourth-order valence-corrected chi connectivity index (χ4v) is 3.33. The molecule has 0 atom stereocenters. The summed E-state index contributed by atoms with van der Waals surface area (Å²) in [6.07, 6.45) is 0. The van der Waals surface area contributed by atoms with Crippen LogP contribution in [0.3, 0.4) is 0 Å². The molecule has 0 saturated heterocycles. The molecular weight excluding hydrogens is 400 g/mol. The van der Waals surface area contributed by atoms with Crippen molar-refractivity contribution in [3.63, 3.8) is 0 Å². The molecule has 0 bridgehead atoms. The quantitative estimate of drug-likeness (QED) is 0.347. The average Bonchev–Trinajstić information content (AvgIpc) is 3.21. The van der Waals surface area contributed by atoms with Gasteiger partial charge in [0.1, 0.15) is 11.3 Å². The van der Waals surface area contributed by atoms with Gasteiger partial charge in [0.05, 0.1) is 6.61 Å². The predicted molar refractivity (Wildman–Crippen MR) is 128 cm³/mol. The van der Waals surface area contributed by atoms with Crippen LogP contribution in [0.1, 0.15) is 49.5 Å². The number of aromatic nitrogens is 1. The summed E-state index contributed by atoms with van der Waals surface area (Å²) < 4.78 is 11.6. The number of rotatable bonds is 7. The number of benzene rings is 3. The number of oxazole rings is 1. The molecule has 1 amide bonds. The van der Waals surface area contributed by atoms with Crippen LogP contribution in [0.25, 0.3) is 22.6 Å². The van der Waals surface area contributed by atoms with Gasteiger partial charge in [0.2, 0.25) is 5.89 Å². The second-order valence-corrected chi connectivity index (χ2v) is 8.67. The van der Waals surface area contributed by atoms with E-state index in [2.05, 4.69) is 50.1 Å². The molecule has 1 N–H and O–H groups in total. The van der Waals surface area contributed by atoms with Crippen molar-refractivity contribution in [2.75, 3.05) is 11.9 Å². The van der Waals surface area contributed by atoms with Gasteiger partial charge in [-0.25, -0.2) is 4.98 Å². The van der Waals surface area contributed by atoms with Crippen LogP contribution < -0.4 is 10.1 Å². The van der Waals surface area contributed by atoms with Gasteiger partial charge in [-0.15, -0.1) is 0 Å². The van der Waals surface area contributed by atoms with Crippen LogP contribution in [0.15, 0.2) is 71.1 Å². The SMILES string of the molecule is CC(C)COc1ccc(C(=O)Nc2cccc(-c3nc4cc(C(C)C)ccc4o3)c2)cc1. The second-order valence-electron chi connectivity index (χ2n) is 8.67. The van der Waals surface area contributed by atoms with E-state index in [1.807, 2.05) is 42.5 Å². The fraction of sp³-hybridized carbons (Fsp3) is 0.259. The highest BCUT2D eigenvalue weighted by atomic mass is 16.5. The standard InChI is InChI=1S/C27H28N2O3/c1-17(2)16-31-23-11-8-19(9-12-23)26(30)28-22-7-5-6-21(14-22)27-29-24-15-20(18(3)4)10-13-25(24)32-27/h5-15,17-18H,16H2,1-4H3,(H,28,30). The van der Waals surface area contributed by atoms with Crippen molar-refractivity contribution in [1.82, 2.24) is 4.98 Å². The maximum absolute atomic E-state index is 12.7. The lowest BCUT2D eigenvalue weighted by atomic mass is 10.0. The van der Waals surface area contributed by atoms with Crippen LogP contribution >= 0.6 is 0 Å². The second kappa shape index (κ2) is 9.27. The Morgan fingerprint density at radius 1 is 1.00 bits per heavy atom. The van der Waals surface area contributed by atoms with Crippen molar-refractivity contribution in [3.05, 3.63) is 77.9 Å². The Morgan fingerprint density at radius 2 is 1.78 bits per heavy atom. The zero-order chi connectivity index (χ0) is 22.7. The van der Waals surface area contributed by atoms with Crippen LogP contribution in [-0.4, -0.2) is 17.5 Å². The minimum Gasteiger partial charge on any atom is -0.493 e. The molecule has 1 aromatic heterocycles. The van der Waals surface area contributed by atoms with Crippen LogP contribution in [-0.2, 0) is 0 Å². The molecule has 0 aliphatic heterocycles. The number of carbonyl (C=O) groups excluding carboxylic acids is 1. The Kier molecular flexibility index (Phi) is 6.26. The molecule has 0 spiro atoms. The number of ether oxygens (including phenoxy) is 1. The lowest BCUT2D eigenvalue weighted by Crippen LogP contribution is -2.12. The van der Waals surface area contributed by atoms with E-state index in [4.69, 9.17) is 9.15 Å². The van der Waals surface area contributed by atoms with Gasteiger partial charge in [-0.3, -0.25) is 4.79 Å². The van der Waals surface area contributed by atoms with E-state index in [-0.39, 0.29) is 5.91 Å². The molecule has 5 nitrogen and oxygen atoms in total. The number of nitrogens with one attached hydrogen (secondary N) is 1. The van der Waals surface area contributed by atoms with Crippen LogP contribution in [0.2, 0.25) is 0 Å². The third-order valence-electron chi connectivity index (χ3n) is 5.15. The van der Waals surface area contributed by atoms with E-state index in [0.717, 1.165) is 22.4 Å². The van der Waals surface area contributed by atoms with Gasteiger partial charge in [-0.2, -0.15) is 0 Å². The lowest BCUT2D eigenvalue weighted by Gasteiger charge is -2.10. The van der Waals surface area contributed by atoms with Crippen molar-refractivity contribution >= 4 is 22.7 Å². The van der Waals surface area contributed by atoms with Gasteiger partial charge < -0.3 is 14.5 Å². The molecule has 5 heteroatoms. The first-order chi connectivity index (χ1) is 15.4. The van der Waals surface area contributed by atoms with E-state index < -0.39 is 0 Å². The van der Waals surface area contributed by atoms with Crippen molar-refractivity contribution < 1.29 is 13.9 Å². The number of hydrogen-bond donors (Lipinski definition) is 1. The number of carbonyl (C=O) groups is 1. The van der Waals surface area contributed by atoms with E-state index in [1.165, 1.54) is 5.56 Å². The molecule has 1 heterocycles. The maximum Gasteiger partial charge on any atom is 0.255 e. The largest absolute Gasteiger partial charge is 0.493 e. The van der Waals surface area contributed by atoms with Gasteiger partial charge in [-0.1, -0.05) is 39.8 Å². The van der Waals surface area contributed by atoms with Gasteiger partial charge >= 0.3 is 0 Å². The maximum atomic E-state index is 12.7. The molecule has 0 saturated carbocycles. The highest BCUT2D eigenvalue weighted by Crippen LogP contribution is 2.28.